The first-order valence-corrected chi connectivity index (χ1v) is 5.40. The summed E-state index contributed by atoms with van der Waals surface area (Å²) in [6.45, 7) is 1.99. The molecule has 1 unspecified atom stereocenters. The number of halogens is 1. The quantitative estimate of drug-likeness (QED) is 0.800. The second kappa shape index (κ2) is 4.49. The van der Waals surface area contributed by atoms with E-state index in [0.717, 1.165) is 11.4 Å². The van der Waals surface area contributed by atoms with Gasteiger partial charge in [0, 0.05) is 0 Å². The molecule has 0 amide bonds. The first-order chi connectivity index (χ1) is 7.68. The van der Waals surface area contributed by atoms with Crippen LogP contribution in [0.25, 0.3) is 0 Å². The maximum absolute atomic E-state index is 6.06. The summed E-state index contributed by atoms with van der Waals surface area (Å²) >= 11 is 6.06. The van der Waals surface area contributed by atoms with E-state index >= 15 is 0 Å². The van der Waals surface area contributed by atoms with E-state index in [1.807, 2.05) is 31.2 Å². The lowest BCUT2D eigenvalue weighted by Crippen LogP contribution is -2.07. The van der Waals surface area contributed by atoms with Gasteiger partial charge in [-0.25, -0.2) is 0 Å². The molecule has 0 saturated heterocycles. The van der Waals surface area contributed by atoms with Crippen LogP contribution in [0.15, 0.2) is 41.0 Å². The van der Waals surface area contributed by atoms with Gasteiger partial charge < -0.3 is 15.5 Å². The molecule has 1 aromatic carbocycles. The number of furan rings is 1. The van der Waals surface area contributed by atoms with Crippen LogP contribution in [0.2, 0.25) is 5.02 Å². The summed E-state index contributed by atoms with van der Waals surface area (Å²) in [5.41, 5.74) is 7.22. The average Bonchev–Trinajstić information content (AvgIpc) is 2.76. The molecule has 0 fully saturated rings. The van der Waals surface area contributed by atoms with Gasteiger partial charge in [-0.15, -0.1) is 0 Å². The number of hydrogen-bond donors (Lipinski definition) is 2. The minimum absolute atomic E-state index is 0.0252. The Bertz CT molecular complexity index is 448. The zero-order valence-electron chi connectivity index (χ0n) is 8.91. The summed E-state index contributed by atoms with van der Waals surface area (Å²) in [4.78, 5) is 0. The van der Waals surface area contributed by atoms with E-state index in [0.29, 0.717) is 10.7 Å². The molecular formula is C12H13ClN2O. The molecule has 0 radical (unpaired) electrons. The van der Waals surface area contributed by atoms with Gasteiger partial charge in [-0.05, 0) is 31.2 Å². The van der Waals surface area contributed by atoms with E-state index in [2.05, 4.69) is 5.32 Å². The number of hydrogen-bond acceptors (Lipinski definition) is 3. The van der Waals surface area contributed by atoms with Gasteiger partial charge in [0.2, 0.25) is 0 Å². The maximum Gasteiger partial charge on any atom is 0.125 e. The van der Waals surface area contributed by atoms with E-state index in [1.165, 1.54) is 0 Å². The lowest BCUT2D eigenvalue weighted by Gasteiger charge is -2.15. The van der Waals surface area contributed by atoms with Crippen LogP contribution in [0.1, 0.15) is 18.7 Å². The Hall–Kier alpha value is -1.61. The highest BCUT2D eigenvalue weighted by Gasteiger charge is 2.11. The molecule has 0 aliphatic rings. The fourth-order valence-electron chi connectivity index (χ4n) is 1.52. The molecule has 0 spiro atoms. The van der Waals surface area contributed by atoms with Crippen molar-refractivity contribution < 1.29 is 4.42 Å². The second-order valence-corrected chi connectivity index (χ2v) is 3.99. The van der Waals surface area contributed by atoms with Crippen LogP contribution >= 0.6 is 11.6 Å². The van der Waals surface area contributed by atoms with Crippen molar-refractivity contribution in [3.05, 3.63) is 47.4 Å². The van der Waals surface area contributed by atoms with E-state index in [9.17, 15) is 0 Å². The second-order valence-electron chi connectivity index (χ2n) is 3.59. The van der Waals surface area contributed by atoms with Gasteiger partial charge in [-0.3, -0.25) is 0 Å². The first kappa shape index (κ1) is 10.9. The van der Waals surface area contributed by atoms with Crippen molar-refractivity contribution in [2.24, 2.45) is 0 Å². The third-order valence-corrected chi connectivity index (χ3v) is 2.69. The summed E-state index contributed by atoms with van der Waals surface area (Å²) in [5.74, 6) is 0.847. The molecule has 84 valence electrons. The summed E-state index contributed by atoms with van der Waals surface area (Å²) in [5, 5.41) is 3.84. The van der Waals surface area contributed by atoms with Crippen molar-refractivity contribution in [3.63, 3.8) is 0 Å². The average molecular weight is 237 g/mol. The molecule has 3 nitrogen and oxygen atoms in total. The SMILES string of the molecule is CC(Nc1c(N)cccc1Cl)c1ccco1. The standard InChI is InChI=1S/C12H13ClN2O/c1-8(11-6-3-7-16-11)15-12-9(13)4-2-5-10(12)14/h2-8,15H,14H2,1H3. The predicted molar refractivity (Wildman–Crippen MR) is 66.6 cm³/mol. The Morgan fingerprint density at radius 3 is 2.75 bits per heavy atom. The molecule has 3 N–H and O–H groups in total. The zero-order chi connectivity index (χ0) is 11.5. The zero-order valence-corrected chi connectivity index (χ0v) is 9.66. The van der Waals surface area contributed by atoms with Gasteiger partial charge in [0.15, 0.2) is 0 Å². The third-order valence-electron chi connectivity index (χ3n) is 2.38. The van der Waals surface area contributed by atoms with Crippen LogP contribution in [-0.4, -0.2) is 0 Å². The van der Waals surface area contributed by atoms with Gasteiger partial charge in [0.1, 0.15) is 5.76 Å². The molecule has 2 rings (SSSR count). The number of nitrogen functional groups attached to an aromatic ring is 1. The Kier molecular flexibility index (Phi) is 3.06. The number of nitrogens with one attached hydrogen (secondary N) is 1. The number of anilines is 2. The van der Waals surface area contributed by atoms with E-state index < -0.39 is 0 Å². The monoisotopic (exact) mass is 236 g/mol. The van der Waals surface area contributed by atoms with Gasteiger partial charge >= 0.3 is 0 Å². The lowest BCUT2D eigenvalue weighted by molar-refractivity contribution is 0.490. The minimum atomic E-state index is 0.0252. The van der Waals surface area contributed by atoms with Gasteiger partial charge in [0.25, 0.3) is 0 Å². The number of rotatable bonds is 3. The molecule has 1 heterocycles. The van der Waals surface area contributed by atoms with Crippen LogP contribution in [0, 0.1) is 0 Å². The molecule has 0 bridgehead atoms. The summed E-state index contributed by atoms with van der Waals surface area (Å²) < 4.78 is 5.30. The molecule has 2 aromatic rings. The summed E-state index contributed by atoms with van der Waals surface area (Å²) in [7, 11) is 0. The molecule has 16 heavy (non-hydrogen) atoms. The Labute approximate surface area is 99.2 Å². The van der Waals surface area contributed by atoms with Gasteiger partial charge in [-0.1, -0.05) is 17.7 Å². The molecule has 0 aliphatic heterocycles. The minimum Gasteiger partial charge on any atom is -0.467 e. The molecule has 0 saturated carbocycles. The van der Waals surface area contributed by atoms with E-state index in [-0.39, 0.29) is 6.04 Å². The highest BCUT2D eigenvalue weighted by molar-refractivity contribution is 6.33. The lowest BCUT2D eigenvalue weighted by atomic mass is 10.2. The smallest absolute Gasteiger partial charge is 0.125 e. The Morgan fingerprint density at radius 1 is 1.31 bits per heavy atom. The summed E-state index contributed by atoms with van der Waals surface area (Å²) in [6, 6.07) is 9.21. The summed E-state index contributed by atoms with van der Waals surface area (Å²) in [6.07, 6.45) is 1.64. The van der Waals surface area contributed by atoms with Crippen LogP contribution in [0.5, 0.6) is 0 Å². The Balaban J connectivity index is 2.21. The maximum atomic E-state index is 6.06. The van der Waals surface area contributed by atoms with Crippen molar-refractivity contribution in [1.82, 2.24) is 0 Å². The van der Waals surface area contributed by atoms with Gasteiger partial charge in [0.05, 0.1) is 28.7 Å². The van der Waals surface area contributed by atoms with Crippen molar-refractivity contribution in [2.45, 2.75) is 13.0 Å². The number of para-hydroxylation sites is 1. The van der Waals surface area contributed by atoms with E-state index in [4.69, 9.17) is 21.8 Å². The number of benzene rings is 1. The van der Waals surface area contributed by atoms with Crippen molar-refractivity contribution in [1.29, 1.82) is 0 Å². The molecule has 0 aliphatic carbocycles. The Morgan fingerprint density at radius 2 is 2.12 bits per heavy atom. The molecule has 1 aromatic heterocycles. The van der Waals surface area contributed by atoms with Crippen molar-refractivity contribution >= 4 is 23.0 Å². The van der Waals surface area contributed by atoms with Crippen molar-refractivity contribution in [3.8, 4) is 0 Å². The van der Waals surface area contributed by atoms with Crippen molar-refractivity contribution in [2.75, 3.05) is 11.1 Å². The first-order valence-electron chi connectivity index (χ1n) is 5.02. The fourth-order valence-corrected chi connectivity index (χ4v) is 1.75. The van der Waals surface area contributed by atoms with Crippen LogP contribution in [0.4, 0.5) is 11.4 Å². The van der Waals surface area contributed by atoms with Crippen LogP contribution < -0.4 is 11.1 Å². The number of nitrogens with two attached hydrogens (primary N) is 1. The highest BCUT2D eigenvalue weighted by Crippen LogP contribution is 2.31. The van der Waals surface area contributed by atoms with Gasteiger partial charge in [-0.2, -0.15) is 0 Å². The molecule has 1 atom stereocenters. The largest absolute Gasteiger partial charge is 0.467 e. The van der Waals surface area contributed by atoms with Crippen LogP contribution in [-0.2, 0) is 0 Å². The molecule has 4 heteroatoms. The van der Waals surface area contributed by atoms with Crippen LogP contribution in [0.3, 0.4) is 0 Å². The highest BCUT2D eigenvalue weighted by atomic mass is 35.5. The topological polar surface area (TPSA) is 51.2 Å². The molecular weight excluding hydrogens is 224 g/mol. The third kappa shape index (κ3) is 2.14. The normalized spacial score (nSPS) is 12.4. The predicted octanol–water partition coefficient (Wildman–Crippen LogP) is 3.69. The van der Waals surface area contributed by atoms with E-state index in [1.54, 1.807) is 12.3 Å². The fraction of sp³-hybridized carbons (Fsp3) is 0.167.